The monoisotopic (exact) mass is 306 g/mol. The number of fused-ring (bicyclic) bond motifs is 1. The van der Waals surface area contributed by atoms with Gasteiger partial charge in [-0.2, -0.15) is 0 Å². The maximum absolute atomic E-state index is 5.64. The Morgan fingerprint density at radius 1 is 1.14 bits per heavy atom. The minimum atomic E-state index is 0.608. The van der Waals surface area contributed by atoms with Crippen LogP contribution in [0.5, 0.6) is 11.5 Å². The number of aromatic nitrogens is 1. The van der Waals surface area contributed by atoms with E-state index >= 15 is 0 Å². The van der Waals surface area contributed by atoms with Crippen LogP contribution in [0, 0.1) is 6.92 Å². The molecule has 21 heavy (non-hydrogen) atoms. The number of rotatable bonds is 5. The van der Waals surface area contributed by atoms with Crippen LogP contribution in [-0.4, -0.2) is 24.6 Å². The van der Waals surface area contributed by atoms with E-state index in [9.17, 15) is 0 Å². The van der Waals surface area contributed by atoms with Crippen LogP contribution < -0.4 is 14.8 Å². The summed E-state index contributed by atoms with van der Waals surface area (Å²) >= 11 is 1.71. The van der Waals surface area contributed by atoms with Crippen LogP contribution in [0.25, 0.3) is 0 Å². The van der Waals surface area contributed by atoms with Gasteiger partial charge in [0.1, 0.15) is 19.0 Å². The number of nitrogens with one attached hydrogen (secondary N) is 1. The van der Waals surface area contributed by atoms with E-state index in [1.807, 2.05) is 13.0 Å². The summed E-state index contributed by atoms with van der Waals surface area (Å²) in [4.78, 5) is 1.20. The Hall–Kier alpha value is -1.66. The molecule has 112 valence electrons. The number of ether oxygens (including phenoxy) is 2. The summed E-state index contributed by atoms with van der Waals surface area (Å²) < 4.78 is 16.3. The first-order valence-corrected chi connectivity index (χ1v) is 8.08. The van der Waals surface area contributed by atoms with Gasteiger partial charge in [0.2, 0.25) is 0 Å². The molecule has 0 bridgehead atoms. The van der Waals surface area contributed by atoms with Crippen LogP contribution >= 0.6 is 11.8 Å². The third-order valence-electron chi connectivity index (χ3n) is 3.24. The molecule has 1 N–H and O–H groups in total. The summed E-state index contributed by atoms with van der Waals surface area (Å²) in [6, 6.07) is 6.05. The molecule has 6 heteroatoms. The molecular formula is C15H18N2O3S. The average Bonchev–Trinajstić information content (AvgIpc) is 2.92. The van der Waals surface area contributed by atoms with E-state index in [-0.39, 0.29) is 0 Å². The molecule has 2 aromatic rings. The highest BCUT2D eigenvalue weighted by atomic mass is 32.2. The van der Waals surface area contributed by atoms with Crippen molar-refractivity contribution in [1.82, 2.24) is 10.5 Å². The van der Waals surface area contributed by atoms with Crippen LogP contribution in [0.2, 0.25) is 0 Å². The van der Waals surface area contributed by atoms with Gasteiger partial charge in [-0.05, 0) is 30.9 Å². The Kier molecular flexibility index (Phi) is 4.36. The fourth-order valence-corrected chi connectivity index (χ4v) is 2.89. The van der Waals surface area contributed by atoms with E-state index in [4.69, 9.17) is 14.0 Å². The number of benzene rings is 1. The van der Waals surface area contributed by atoms with E-state index in [0.29, 0.717) is 19.8 Å². The highest BCUT2D eigenvalue weighted by Gasteiger charge is 2.15. The normalized spacial score (nSPS) is 13.4. The molecule has 0 saturated carbocycles. The highest BCUT2D eigenvalue weighted by molar-refractivity contribution is 7.98. The van der Waals surface area contributed by atoms with Gasteiger partial charge in [0.25, 0.3) is 0 Å². The van der Waals surface area contributed by atoms with Gasteiger partial charge in [-0.1, -0.05) is 5.16 Å². The van der Waals surface area contributed by atoms with Gasteiger partial charge in [-0.15, -0.1) is 11.8 Å². The lowest BCUT2D eigenvalue weighted by molar-refractivity contribution is 0.171. The van der Waals surface area contributed by atoms with Crippen LogP contribution in [0.3, 0.4) is 0 Å². The molecule has 0 radical (unpaired) electrons. The second-order valence-corrected chi connectivity index (χ2v) is 5.69. The lowest BCUT2D eigenvalue weighted by Gasteiger charge is -2.20. The van der Waals surface area contributed by atoms with Gasteiger partial charge in [0, 0.05) is 24.1 Å². The first kappa shape index (κ1) is 14.3. The topological polar surface area (TPSA) is 56.5 Å². The van der Waals surface area contributed by atoms with Crippen molar-refractivity contribution in [2.24, 2.45) is 0 Å². The molecular weight excluding hydrogens is 288 g/mol. The van der Waals surface area contributed by atoms with Crippen molar-refractivity contribution >= 4 is 11.8 Å². The van der Waals surface area contributed by atoms with Gasteiger partial charge in [-0.3, -0.25) is 0 Å². The van der Waals surface area contributed by atoms with E-state index in [2.05, 4.69) is 28.9 Å². The third-order valence-corrected chi connectivity index (χ3v) is 4.06. The Bertz CT molecular complexity index is 627. The summed E-state index contributed by atoms with van der Waals surface area (Å²) in [6.45, 7) is 4.54. The van der Waals surface area contributed by atoms with Crippen LogP contribution in [0.15, 0.2) is 27.6 Å². The molecule has 1 aliphatic rings. The van der Waals surface area contributed by atoms with Gasteiger partial charge in [0.15, 0.2) is 11.5 Å². The summed E-state index contributed by atoms with van der Waals surface area (Å²) in [5, 5.41) is 7.35. The molecule has 0 unspecified atom stereocenters. The quantitative estimate of drug-likeness (QED) is 0.857. The zero-order valence-electron chi connectivity index (χ0n) is 12.1. The largest absolute Gasteiger partial charge is 0.486 e. The molecule has 1 aromatic carbocycles. The van der Waals surface area contributed by atoms with Gasteiger partial charge >= 0.3 is 0 Å². The maximum atomic E-state index is 5.64. The van der Waals surface area contributed by atoms with Crippen molar-refractivity contribution in [1.29, 1.82) is 0 Å². The van der Waals surface area contributed by atoms with Crippen molar-refractivity contribution in [3.63, 3.8) is 0 Å². The Labute approximate surface area is 128 Å². The van der Waals surface area contributed by atoms with Crippen molar-refractivity contribution in [3.8, 4) is 11.5 Å². The number of aryl methyl sites for hydroxylation is 1. The van der Waals surface area contributed by atoms with Crippen LogP contribution in [-0.2, 0) is 13.1 Å². The van der Waals surface area contributed by atoms with Crippen molar-refractivity contribution in [2.75, 3.05) is 19.5 Å². The van der Waals surface area contributed by atoms with Gasteiger partial charge in [0.05, 0.1) is 5.69 Å². The van der Waals surface area contributed by atoms with E-state index in [1.165, 1.54) is 10.5 Å². The summed E-state index contributed by atoms with van der Waals surface area (Å²) in [7, 11) is 0. The fourth-order valence-electron chi connectivity index (χ4n) is 2.27. The number of thioether (sulfide) groups is 1. The number of hydrogen-bond donors (Lipinski definition) is 1. The van der Waals surface area contributed by atoms with Gasteiger partial charge < -0.3 is 19.3 Å². The molecule has 0 saturated heterocycles. The van der Waals surface area contributed by atoms with Crippen molar-refractivity contribution in [2.45, 2.75) is 24.9 Å². The van der Waals surface area contributed by atoms with Crippen molar-refractivity contribution in [3.05, 3.63) is 35.2 Å². The average molecular weight is 306 g/mol. The summed E-state index contributed by atoms with van der Waals surface area (Å²) in [5.74, 6) is 2.49. The number of nitrogens with zero attached hydrogens (tertiary/aromatic N) is 1. The van der Waals surface area contributed by atoms with Crippen molar-refractivity contribution < 1.29 is 14.0 Å². The molecule has 0 spiro atoms. The molecule has 0 atom stereocenters. The predicted octanol–water partition coefficient (Wildman–Crippen LogP) is 2.77. The zero-order chi connectivity index (χ0) is 14.7. The van der Waals surface area contributed by atoms with Crippen LogP contribution in [0.1, 0.15) is 17.0 Å². The molecule has 1 aromatic heterocycles. The van der Waals surface area contributed by atoms with E-state index in [1.54, 1.807) is 11.8 Å². The minimum absolute atomic E-state index is 0.608. The SMILES string of the molecule is CSc1cc2c(cc1CNCc1cc(C)on1)OCCO2. The maximum Gasteiger partial charge on any atom is 0.162 e. The lowest BCUT2D eigenvalue weighted by atomic mass is 10.2. The Morgan fingerprint density at radius 3 is 2.57 bits per heavy atom. The third kappa shape index (κ3) is 3.33. The van der Waals surface area contributed by atoms with Gasteiger partial charge in [-0.25, -0.2) is 0 Å². The first-order chi connectivity index (χ1) is 10.3. The Morgan fingerprint density at radius 2 is 1.90 bits per heavy atom. The standard InChI is InChI=1S/C15H18N2O3S/c1-10-5-12(17-20-10)9-16-8-11-6-13-14(7-15(11)21-2)19-4-3-18-13/h5-7,16H,3-4,8-9H2,1-2H3. The van der Waals surface area contributed by atoms with E-state index in [0.717, 1.165) is 29.5 Å². The smallest absolute Gasteiger partial charge is 0.162 e. The second-order valence-electron chi connectivity index (χ2n) is 4.84. The second kappa shape index (κ2) is 6.41. The molecule has 5 nitrogen and oxygen atoms in total. The lowest BCUT2D eigenvalue weighted by Crippen LogP contribution is -2.17. The molecule has 1 aliphatic heterocycles. The molecule has 0 fully saturated rings. The summed E-state index contributed by atoms with van der Waals surface area (Å²) in [5.41, 5.74) is 2.11. The fraction of sp³-hybridized carbons (Fsp3) is 0.400. The number of hydrogen-bond acceptors (Lipinski definition) is 6. The predicted molar refractivity (Wildman–Crippen MR) is 81.0 cm³/mol. The van der Waals surface area contributed by atoms with Crippen LogP contribution in [0.4, 0.5) is 0 Å². The highest BCUT2D eigenvalue weighted by Crippen LogP contribution is 2.36. The molecule has 3 rings (SSSR count). The minimum Gasteiger partial charge on any atom is -0.486 e. The Balaban J connectivity index is 1.69. The molecule has 0 aliphatic carbocycles. The summed E-state index contributed by atoms with van der Waals surface area (Å²) in [6.07, 6.45) is 2.07. The molecule has 0 amide bonds. The molecule has 2 heterocycles. The zero-order valence-corrected chi connectivity index (χ0v) is 13.0. The first-order valence-electron chi connectivity index (χ1n) is 6.85. The van der Waals surface area contributed by atoms with E-state index < -0.39 is 0 Å².